The highest BCUT2D eigenvalue weighted by Crippen LogP contribution is 1.99. The summed E-state index contributed by atoms with van der Waals surface area (Å²) in [4.78, 5) is 11.3. The van der Waals surface area contributed by atoms with Gasteiger partial charge in [0.15, 0.2) is 9.84 Å². The van der Waals surface area contributed by atoms with E-state index in [4.69, 9.17) is 0 Å². The molecule has 0 aliphatic heterocycles. The number of carbonyl (C=O) groups is 1. The van der Waals surface area contributed by atoms with Gasteiger partial charge in [-0.2, -0.15) is 0 Å². The van der Waals surface area contributed by atoms with Crippen molar-refractivity contribution >= 4 is 15.7 Å². The Morgan fingerprint density at radius 2 is 2.00 bits per heavy atom. The third-order valence-corrected chi connectivity index (χ3v) is 3.64. The van der Waals surface area contributed by atoms with E-state index in [9.17, 15) is 18.3 Å². The number of sulfone groups is 1. The van der Waals surface area contributed by atoms with Gasteiger partial charge in [0.25, 0.3) is 0 Å². The molecule has 2 N–H and O–H groups in total. The number of aliphatic hydroxyl groups is 1. The molecule has 2 unspecified atom stereocenters. The molecule has 2 atom stereocenters. The lowest BCUT2D eigenvalue weighted by Gasteiger charge is -2.13. The molecule has 0 heterocycles. The van der Waals surface area contributed by atoms with Gasteiger partial charge >= 0.3 is 0 Å². The second-order valence-corrected chi connectivity index (χ2v) is 6.03. The van der Waals surface area contributed by atoms with E-state index >= 15 is 0 Å². The van der Waals surface area contributed by atoms with Gasteiger partial charge in [-0.1, -0.05) is 13.3 Å². The van der Waals surface area contributed by atoms with Crippen LogP contribution in [0.5, 0.6) is 0 Å². The van der Waals surface area contributed by atoms with Gasteiger partial charge in [-0.3, -0.25) is 4.79 Å². The van der Waals surface area contributed by atoms with Crippen molar-refractivity contribution in [2.75, 3.05) is 12.8 Å². The van der Waals surface area contributed by atoms with Gasteiger partial charge in [0.2, 0.25) is 5.91 Å². The van der Waals surface area contributed by atoms with Crippen LogP contribution in [0.25, 0.3) is 0 Å². The smallest absolute Gasteiger partial charge is 0.238 e. The Morgan fingerprint density at radius 3 is 2.40 bits per heavy atom. The minimum absolute atomic E-state index is 0.104. The van der Waals surface area contributed by atoms with Crippen LogP contribution in [0.1, 0.15) is 26.7 Å². The SMILES string of the molecule is CCCC(O)CNC(=O)C(C)S(C)(=O)=O. The van der Waals surface area contributed by atoms with Crippen LogP contribution in [-0.2, 0) is 14.6 Å². The van der Waals surface area contributed by atoms with E-state index < -0.39 is 27.1 Å². The van der Waals surface area contributed by atoms with E-state index in [-0.39, 0.29) is 6.54 Å². The Labute approximate surface area is 90.8 Å². The number of hydrogen-bond acceptors (Lipinski definition) is 4. The van der Waals surface area contributed by atoms with Crippen LogP contribution >= 0.6 is 0 Å². The fourth-order valence-corrected chi connectivity index (χ4v) is 1.46. The maximum atomic E-state index is 11.3. The summed E-state index contributed by atoms with van der Waals surface area (Å²) >= 11 is 0. The molecule has 0 aliphatic rings. The van der Waals surface area contributed by atoms with E-state index in [1.54, 1.807) is 0 Å². The lowest BCUT2D eigenvalue weighted by Crippen LogP contribution is -2.40. The van der Waals surface area contributed by atoms with Crippen molar-refractivity contribution in [2.24, 2.45) is 0 Å². The Hall–Kier alpha value is -0.620. The number of carbonyl (C=O) groups excluding carboxylic acids is 1. The Balaban J connectivity index is 4.05. The fraction of sp³-hybridized carbons (Fsp3) is 0.889. The molecule has 0 bridgehead atoms. The third kappa shape index (κ3) is 5.74. The third-order valence-electron chi connectivity index (χ3n) is 2.15. The van der Waals surface area contributed by atoms with Gasteiger partial charge in [0.1, 0.15) is 5.25 Å². The number of amides is 1. The molecule has 0 radical (unpaired) electrons. The van der Waals surface area contributed by atoms with E-state index in [2.05, 4.69) is 5.32 Å². The summed E-state index contributed by atoms with van der Waals surface area (Å²) in [6.07, 6.45) is 1.82. The lowest BCUT2D eigenvalue weighted by molar-refractivity contribution is -0.120. The molecule has 5 nitrogen and oxygen atoms in total. The van der Waals surface area contributed by atoms with Crippen molar-refractivity contribution in [3.8, 4) is 0 Å². The molecule has 0 aromatic heterocycles. The zero-order valence-electron chi connectivity index (χ0n) is 9.36. The summed E-state index contributed by atoms with van der Waals surface area (Å²) < 4.78 is 22.0. The van der Waals surface area contributed by atoms with Crippen LogP contribution in [0.3, 0.4) is 0 Å². The number of nitrogens with one attached hydrogen (secondary N) is 1. The highest BCUT2D eigenvalue weighted by molar-refractivity contribution is 7.92. The van der Waals surface area contributed by atoms with Crippen LogP contribution in [0.4, 0.5) is 0 Å². The average Bonchev–Trinajstić information content (AvgIpc) is 2.12. The summed E-state index contributed by atoms with van der Waals surface area (Å²) in [6, 6.07) is 0. The number of aliphatic hydroxyl groups excluding tert-OH is 1. The molecule has 0 aliphatic carbocycles. The summed E-state index contributed by atoms with van der Waals surface area (Å²) in [7, 11) is -3.36. The zero-order valence-corrected chi connectivity index (χ0v) is 10.2. The first-order chi connectivity index (χ1) is 6.79. The van der Waals surface area contributed by atoms with Gasteiger partial charge < -0.3 is 10.4 Å². The van der Waals surface area contributed by atoms with Crippen LogP contribution in [0, 0.1) is 0 Å². The first kappa shape index (κ1) is 14.4. The van der Waals surface area contributed by atoms with E-state index in [0.29, 0.717) is 6.42 Å². The van der Waals surface area contributed by atoms with E-state index in [1.165, 1.54) is 6.92 Å². The topological polar surface area (TPSA) is 83.5 Å². The van der Waals surface area contributed by atoms with Crippen molar-refractivity contribution < 1.29 is 18.3 Å². The van der Waals surface area contributed by atoms with Crippen LogP contribution in [0.2, 0.25) is 0 Å². The van der Waals surface area contributed by atoms with Gasteiger partial charge in [-0.25, -0.2) is 8.42 Å². The van der Waals surface area contributed by atoms with Gasteiger partial charge in [0.05, 0.1) is 6.10 Å². The number of hydrogen-bond donors (Lipinski definition) is 2. The molecule has 0 aromatic carbocycles. The Kier molecular flexibility index (Phi) is 5.82. The van der Waals surface area contributed by atoms with E-state index in [1.807, 2.05) is 6.92 Å². The molecule has 1 amide bonds. The van der Waals surface area contributed by atoms with Crippen LogP contribution < -0.4 is 5.32 Å². The average molecular weight is 237 g/mol. The zero-order chi connectivity index (χ0) is 12.1. The van der Waals surface area contributed by atoms with Crippen LogP contribution in [-0.4, -0.2) is 43.6 Å². The minimum atomic E-state index is -3.36. The second kappa shape index (κ2) is 6.07. The molecule has 0 rings (SSSR count). The largest absolute Gasteiger partial charge is 0.391 e. The fourth-order valence-electron chi connectivity index (χ4n) is 0.992. The molecule has 0 fully saturated rings. The van der Waals surface area contributed by atoms with Gasteiger partial charge in [-0.15, -0.1) is 0 Å². The molecule has 0 aromatic rings. The molecule has 15 heavy (non-hydrogen) atoms. The van der Waals surface area contributed by atoms with Crippen molar-refractivity contribution in [1.82, 2.24) is 5.32 Å². The van der Waals surface area contributed by atoms with Crippen molar-refractivity contribution in [2.45, 2.75) is 38.0 Å². The minimum Gasteiger partial charge on any atom is -0.391 e. The molecule has 6 heteroatoms. The lowest BCUT2D eigenvalue weighted by atomic mass is 10.2. The normalized spacial score (nSPS) is 15.7. The highest BCUT2D eigenvalue weighted by atomic mass is 32.2. The van der Waals surface area contributed by atoms with Crippen LogP contribution in [0.15, 0.2) is 0 Å². The van der Waals surface area contributed by atoms with Gasteiger partial charge in [-0.05, 0) is 13.3 Å². The summed E-state index contributed by atoms with van der Waals surface area (Å²) in [5.41, 5.74) is 0. The molecule has 90 valence electrons. The molecule has 0 saturated heterocycles. The van der Waals surface area contributed by atoms with E-state index in [0.717, 1.165) is 12.7 Å². The standard InChI is InChI=1S/C9H19NO4S/c1-4-5-8(11)6-10-9(12)7(2)15(3,13)14/h7-8,11H,4-6H2,1-3H3,(H,10,12). The summed E-state index contributed by atoms with van der Waals surface area (Å²) in [5.74, 6) is -0.562. The summed E-state index contributed by atoms with van der Waals surface area (Å²) in [5, 5.41) is 10.7. The second-order valence-electron chi connectivity index (χ2n) is 3.66. The van der Waals surface area contributed by atoms with Crippen molar-refractivity contribution in [3.63, 3.8) is 0 Å². The molecular weight excluding hydrogens is 218 g/mol. The number of rotatable bonds is 6. The van der Waals surface area contributed by atoms with Crippen molar-refractivity contribution in [1.29, 1.82) is 0 Å². The highest BCUT2D eigenvalue weighted by Gasteiger charge is 2.23. The van der Waals surface area contributed by atoms with Crippen molar-refractivity contribution in [3.05, 3.63) is 0 Å². The Morgan fingerprint density at radius 1 is 1.47 bits per heavy atom. The maximum Gasteiger partial charge on any atom is 0.238 e. The predicted molar refractivity (Wildman–Crippen MR) is 58.2 cm³/mol. The summed E-state index contributed by atoms with van der Waals surface area (Å²) in [6.45, 7) is 3.35. The van der Waals surface area contributed by atoms with Gasteiger partial charge in [0, 0.05) is 12.8 Å². The molecule has 0 spiro atoms. The first-order valence-corrected chi connectivity index (χ1v) is 6.89. The molecular formula is C9H19NO4S. The quantitative estimate of drug-likeness (QED) is 0.664. The molecule has 0 saturated carbocycles. The predicted octanol–water partition coefficient (Wildman–Crippen LogP) is -0.303. The maximum absolute atomic E-state index is 11.3. The monoisotopic (exact) mass is 237 g/mol. The first-order valence-electron chi connectivity index (χ1n) is 4.93. The Bertz CT molecular complexity index is 299.